The highest BCUT2D eigenvalue weighted by Crippen LogP contribution is 1.40. The first-order chi connectivity index (χ1) is 2.73. The second-order valence-corrected chi connectivity index (χ2v) is 0.721. The molecule has 38 valence electrons. The van der Waals surface area contributed by atoms with Crippen LogP contribution in [0.3, 0.4) is 0 Å². The van der Waals surface area contributed by atoms with E-state index in [1.54, 1.807) is 7.05 Å². The van der Waals surface area contributed by atoms with Crippen LogP contribution in [0.4, 0.5) is 4.79 Å². The lowest BCUT2D eigenvalue weighted by atomic mass is 11.5. The van der Waals surface area contributed by atoms with E-state index in [2.05, 4.69) is 24.1 Å². The Kier molecular flexibility index (Phi) is 13.5. The maximum Gasteiger partial charge on any atom is 0.0954 e. The van der Waals surface area contributed by atoms with Gasteiger partial charge in [-0.2, -0.15) is 0 Å². The third kappa shape index (κ3) is 209. The van der Waals surface area contributed by atoms with E-state index in [9.17, 15) is 0 Å². The molecular formula is C2H8N2OS. The first-order valence-corrected chi connectivity index (χ1v) is 1.81. The second-order valence-electron chi connectivity index (χ2n) is 0.319. The van der Waals surface area contributed by atoms with E-state index in [0.717, 1.165) is 0 Å². The smallest absolute Gasteiger partial charge is 0.0954 e. The van der Waals surface area contributed by atoms with Gasteiger partial charge in [0.15, 0.2) is 0 Å². The molecule has 0 spiro atoms. The molecule has 0 aromatic rings. The summed E-state index contributed by atoms with van der Waals surface area (Å²) in [6.07, 6.45) is 0. The van der Waals surface area contributed by atoms with Crippen LogP contribution in [-0.4, -0.2) is 12.3 Å². The lowest BCUT2D eigenvalue weighted by molar-refractivity contribution is -0.325. The minimum atomic E-state index is -0.750. The third-order valence-corrected chi connectivity index (χ3v) is 0. The van der Waals surface area contributed by atoms with Crippen LogP contribution in [-0.2, 0) is 12.6 Å². The average Bonchev–Trinajstić information content (AvgIpc) is 1.41. The number of nitrogens with two attached hydrogens (primary N) is 1. The topological polar surface area (TPSA) is 70.7 Å². The fraction of sp³-hybridized carbons (Fsp3) is 0.500. The molecule has 0 saturated carbocycles. The van der Waals surface area contributed by atoms with Crippen LogP contribution >= 0.6 is 0 Å². The van der Waals surface area contributed by atoms with Crippen molar-refractivity contribution in [2.75, 3.05) is 7.05 Å². The van der Waals surface area contributed by atoms with Gasteiger partial charge in [0.25, 0.3) is 0 Å². The number of quaternary nitrogens is 1. The van der Waals surface area contributed by atoms with E-state index in [1.165, 1.54) is 0 Å². The molecule has 0 aliphatic rings. The summed E-state index contributed by atoms with van der Waals surface area (Å²) >= 11 is 3.76. The van der Waals surface area contributed by atoms with Crippen molar-refractivity contribution in [3.8, 4) is 0 Å². The Hall–Kier alpha value is -0.350. The predicted octanol–water partition coefficient (Wildman–Crippen LogP) is -1.53. The summed E-state index contributed by atoms with van der Waals surface area (Å²) in [6, 6.07) is 0. The van der Waals surface area contributed by atoms with Gasteiger partial charge in [-0.05, 0) is 0 Å². The van der Waals surface area contributed by atoms with Gasteiger partial charge in [0.1, 0.15) is 0 Å². The number of carbonyl (C=O) groups is 1. The molecule has 0 radical (unpaired) electrons. The maximum absolute atomic E-state index is 9.04. The Bertz CT molecular complexity index is 34.5. The summed E-state index contributed by atoms with van der Waals surface area (Å²) in [5.74, 6) is 0. The van der Waals surface area contributed by atoms with Crippen molar-refractivity contribution < 1.29 is 10.5 Å². The monoisotopic (exact) mass is 108 g/mol. The largest absolute Gasteiger partial charge is 0.719 e. The molecule has 0 unspecified atom stereocenters. The van der Waals surface area contributed by atoms with Crippen molar-refractivity contribution in [2.24, 2.45) is 5.73 Å². The van der Waals surface area contributed by atoms with Gasteiger partial charge < -0.3 is 28.9 Å². The standard InChI is InChI=1S/CH3NOS.CH5N/c2-1(3)4;1-2/h(H3,2,3,4);2H2,1H3. The van der Waals surface area contributed by atoms with Crippen LogP contribution in [0.25, 0.3) is 0 Å². The highest BCUT2D eigenvalue weighted by atomic mass is 32.1. The normalized spacial score (nSPS) is 5.00. The molecule has 0 aromatic carbocycles. The molecule has 0 aliphatic carbocycles. The van der Waals surface area contributed by atoms with Crippen LogP contribution in [0.5, 0.6) is 0 Å². The molecule has 0 fully saturated rings. The number of carbonyl (C=O) groups excluding carboxylic acids is 1. The highest BCUT2D eigenvalue weighted by molar-refractivity contribution is 7.76. The minimum Gasteiger partial charge on any atom is -0.719 e. The molecule has 3 nitrogen and oxygen atoms in total. The number of primary amides is 1. The van der Waals surface area contributed by atoms with Crippen molar-refractivity contribution in [2.45, 2.75) is 0 Å². The van der Waals surface area contributed by atoms with E-state index in [0.29, 0.717) is 0 Å². The van der Waals surface area contributed by atoms with Crippen molar-refractivity contribution in [1.82, 2.24) is 0 Å². The Morgan fingerprint density at radius 3 is 1.83 bits per heavy atom. The molecule has 5 N–H and O–H groups in total. The van der Waals surface area contributed by atoms with Crippen LogP contribution in [0.15, 0.2) is 0 Å². The van der Waals surface area contributed by atoms with Gasteiger partial charge in [-0.15, -0.1) is 0 Å². The van der Waals surface area contributed by atoms with Gasteiger partial charge in [0.05, 0.1) is 12.3 Å². The number of hydrogen-bond donors (Lipinski definition) is 2. The van der Waals surface area contributed by atoms with Crippen LogP contribution < -0.4 is 11.5 Å². The number of amides is 1. The van der Waals surface area contributed by atoms with Crippen molar-refractivity contribution in [3.05, 3.63) is 0 Å². The number of hydrogen-bond acceptors (Lipinski definition) is 2. The molecule has 0 heterocycles. The van der Waals surface area contributed by atoms with Gasteiger partial charge in [0, 0.05) is 0 Å². The summed E-state index contributed by atoms with van der Waals surface area (Å²) in [6.45, 7) is 0. The van der Waals surface area contributed by atoms with Crippen LogP contribution in [0.1, 0.15) is 0 Å². The number of rotatable bonds is 0. The van der Waals surface area contributed by atoms with Crippen molar-refractivity contribution >= 4 is 17.9 Å². The van der Waals surface area contributed by atoms with Gasteiger partial charge in [0.2, 0.25) is 0 Å². The summed E-state index contributed by atoms with van der Waals surface area (Å²) in [4.78, 5) is 9.04. The summed E-state index contributed by atoms with van der Waals surface area (Å²) in [7, 11) is 1.75. The van der Waals surface area contributed by atoms with E-state index < -0.39 is 5.24 Å². The van der Waals surface area contributed by atoms with Crippen LogP contribution in [0, 0.1) is 0 Å². The fourth-order valence-corrected chi connectivity index (χ4v) is 0. The molecule has 1 amide bonds. The molecule has 0 bridgehead atoms. The predicted molar refractivity (Wildman–Crippen MR) is 25.8 cm³/mol. The van der Waals surface area contributed by atoms with Crippen LogP contribution in [0.2, 0.25) is 0 Å². The molecule has 0 rings (SSSR count). The Balaban J connectivity index is 0. The SMILES string of the molecule is C[NH3+].NC(=O)[S-]. The zero-order valence-electron chi connectivity index (χ0n) is 3.60. The summed E-state index contributed by atoms with van der Waals surface area (Å²) in [5.41, 5.74) is 7.54. The fourth-order valence-electron chi connectivity index (χ4n) is 0. The van der Waals surface area contributed by atoms with Gasteiger partial charge >= 0.3 is 0 Å². The Morgan fingerprint density at radius 1 is 1.83 bits per heavy atom. The lowest BCUT2D eigenvalue weighted by Crippen LogP contribution is -2.40. The first-order valence-electron chi connectivity index (χ1n) is 1.40. The molecular weight excluding hydrogens is 100 g/mol. The Morgan fingerprint density at radius 2 is 1.83 bits per heavy atom. The van der Waals surface area contributed by atoms with Crippen molar-refractivity contribution in [3.63, 3.8) is 0 Å². The van der Waals surface area contributed by atoms with E-state index >= 15 is 0 Å². The maximum atomic E-state index is 9.04. The molecule has 0 atom stereocenters. The summed E-state index contributed by atoms with van der Waals surface area (Å²) < 4.78 is 0. The molecule has 6 heavy (non-hydrogen) atoms. The van der Waals surface area contributed by atoms with Crippen molar-refractivity contribution in [1.29, 1.82) is 0 Å². The van der Waals surface area contributed by atoms with Gasteiger partial charge in [-0.3, -0.25) is 0 Å². The van der Waals surface area contributed by atoms with Gasteiger partial charge in [-0.1, -0.05) is 0 Å². The molecule has 0 saturated heterocycles. The third-order valence-electron chi connectivity index (χ3n) is 0. The molecule has 0 aliphatic heterocycles. The minimum absolute atomic E-state index is 0.750. The first kappa shape index (κ1) is 9.17. The quantitative estimate of drug-likeness (QED) is 0.369. The Labute approximate surface area is 42.1 Å². The molecule has 4 heteroatoms. The van der Waals surface area contributed by atoms with E-state index in [1.807, 2.05) is 0 Å². The second kappa shape index (κ2) is 8.82. The van der Waals surface area contributed by atoms with Gasteiger partial charge in [-0.25, -0.2) is 0 Å². The molecule has 0 aromatic heterocycles. The zero-order valence-corrected chi connectivity index (χ0v) is 4.42. The summed E-state index contributed by atoms with van der Waals surface area (Å²) in [5, 5.41) is -0.750. The van der Waals surface area contributed by atoms with E-state index in [-0.39, 0.29) is 0 Å². The lowest BCUT2D eigenvalue weighted by Gasteiger charge is -1.83. The average molecular weight is 108 g/mol. The zero-order chi connectivity index (χ0) is 5.58. The van der Waals surface area contributed by atoms with E-state index in [4.69, 9.17) is 4.79 Å². The highest BCUT2D eigenvalue weighted by Gasteiger charge is 1.41.